The standard InChI is InChI=1S/C10H10Br2O/c1-6-3-4-8(12)5-9(6)10(13)7(2)11/h3-5,7H,1-2H3. The van der Waals surface area contributed by atoms with Gasteiger partial charge in [0.1, 0.15) is 0 Å². The molecule has 0 aliphatic rings. The summed E-state index contributed by atoms with van der Waals surface area (Å²) < 4.78 is 0.939. The van der Waals surface area contributed by atoms with Gasteiger partial charge in [0.2, 0.25) is 0 Å². The largest absolute Gasteiger partial charge is 0.293 e. The minimum Gasteiger partial charge on any atom is -0.293 e. The smallest absolute Gasteiger partial charge is 0.176 e. The van der Waals surface area contributed by atoms with Gasteiger partial charge in [0, 0.05) is 10.0 Å². The Morgan fingerprint density at radius 3 is 2.62 bits per heavy atom. The van der Waals surface area contributed by atoms with E-state index in [2.05, 4.69) is 31.9 Å². The Morgan fingerprint density at radius 2 is 2.08 bits per heavy atom. The quantitative estimate of drug-likeness (QED) is 0.601. The van der Waals surface area contributed by atoms with Crippen molar-refractivity contribution in [3.63, 3.8) is 0 Å². The molecule has 1 aromatic rings. The summed E-state index contributed by atoms with van der Waals surface area (Å²) in [4.78, 5) is 11.5. The normalized spacial score (nSPS) is 12.6. The van der Waals surface area contributed by atoms with Gasteiger partial charge in [-0.25, -0.2) is 0 Å². The number of carbonyl (C=O) groups excluding carboxylic acids is 1. The summed E-state index contributed by atoms with van der Waals surface area (Å²) in [7, 11) is 0. The van der Waals surface area contributed by atoms with Crippen molar-refractivity contribution in [2.45, 2.75) is 18.7 Å². The summed E-state index contributed by atoms with van der Waals surface area (Å²) >= 11 is 6.62. The lowest BCUT2D eigenvalue weighted by atomic mass is 10.0. The molecule has 1 rings (SSSR count). The van der Waals surface area contributed by atoms with Crippen molar-refractivity contribution in [1.82, 2.24) is 0 Å². The number of ketones is 1. The number of halogens is 2. The molecule has 0 bridgehead atoms. The Balaban J connectivity index is 3.13. The fourth-order valence-electron chi connectivity index (χ4n) is 1.07. The van der Waals surface area contributed by atoms with Gasteiger partial charge < -0.3 is 0 Å². The minimum absolute atomic E-state index is 0.124. The van der Waals surface area contributed by atoms with Crippen LogP contribution < -0.4 is 0 Å². The molecule has 1 aromatic carbocycles. The molecule has 0 saturated carbocycles. The fraction of sp³-hybridized carbons (Fsp3) is 0.300. The van der Waals surface area contributed by atoms with Crippen LogP contribution in [0.3, 0.4) is 0 Å². The number of rotatable bonds is 2. The van der Waals surface area contributed by atoms with Crippen molar-refractivity contribution in [2.24, 2.45) is 0 Å². The van der Waals surface area contributed by atoms with E-state index in [1.54, 1.807) is 0 Å². The van der Waals surface area contributed by atoms with Crippen LogP contribution in [0.15, 0.2) is 22.7 Å². The second-order valence-electron chi connectivity index (χ2n) is 2.94. The molecule has 13 heavy (non-hydrogen) atoms. The molecule has 0 spiro atoms. The van der Waals surface area contributed by atoms with Crippen LogP contribution in [-0.2, 0) is 0 Å². The van der Waals surface area contributed by atoms with Crippen molar-refractivity contribution < 1.29 is 4.79 Å². The van der Waals surface area contributed by atoms with Crippen LogP contribution in [-0.4, -0.2) is 10.6 Å². The summed E-state index contributed by atoms with van der Waals surface area (Å²) in [6.07, 6.45) is 0. The zero-order valence-electron chi connectivity index (χ0n) is 7.47. The SMILES string of the molecule is Cc1ccc(Br)cc1C(=O)C(C)Br. The summed E-state index contributed by atoms with van der Waals surface area (Å²) in [5, 5.41) is 0. The minimum atomic E-state index is -0.125. The van der Waals surface area contributed by atoms with Crippen LogP contribution in [0, 0.1) is 6.92 Å². The van der Waals surface area contributed by atoms with Gasteiger partial charge in [0.05, 0.1) is 4.83 Å². The Hall–Kier alpha value is -0.150. The number of hydrogen-bond acceptors (Lipinski definition) is 1. The first kappa shape index (κ1) is 10.9. The molecule has 0 amide bonds. The number of Topliss-reactive ketones (excluding diaryl/α,β-unsaturated/α-hetero) is 1. The van der Waals surface area contributed by atoms with Gasteiger partial charge in [-0.05, 0) is 31.5 Å². The molecule has 0 aromatic heterocycles. The topological polar surface area (TPSA) is 17.1 Å². The molecule has 0 aliphatic carbocycles. The molecule has 0 aliphatic heterocycles. The number of hydrogen-bond donors (Lipinski definition) is 0. The second-order valence-corrected chi connectivity index (χ2v) is 5.23. The average Bonchev–Trinajstić information content (AvgIpc) is 2.08. The van der Waals surface area contributed by atoms with Crippen molar-refractivity contribution >= 4 is 37.6 Å². The highest BCUT2D eigenvalue weighted by Gasteiger charge is 2.14. The molecule has 0 fully saturated rings. The third-order valence-electron chi connectivity index (χ3n) is 1.83. The third kappa shape index (κ3) is 2.64. The van der Waals surface area contributed by atoms with E-state index in [1.165, 1.54) is 0 Å². The first-order chi connectivity index (χ1) is 6.02. The zero-order chi connectivity index (χ0) is 10.0. The van der Waals surface area contributed by atoms with Crippen LogP contribution in [0.5, 0.6) is 0 Å². The first-order valence-corrected chi connectivity index (χ1v) is 5.67. The first-order valence-electron chi connectivity index (χ1n) is 3.97. The van der Waals surface area contributed by atoms with Crippen LogP contribution in [0.2, 0.25) is 0 Å². The Kier molecular flexibility index (Phi) is 3.68. The molecule has 0 radical (unpaired) electrons. The molecule has 1 atom stereocenters. The van der Waals surface area contributed by atoms with Crippen LogP contribution in [0.1, 0.15) is 22.8 Å². The predicted octanol–water partition coefficient (Wildman–Crippen LogP) is 3.72. The molecule has 3 heteroatoms. The number of benzene rings is 1. The van der Waals surface area contributed by atoms with E-state index in [4.69, 9.17) is 0 Å². The summed E-state index contributed by atoms with van der Waals surface area (Å²) in [6.45, 7) is 3.78. The third-order valence-corrected chi connectivity index (χ3v) is 2.74. The molecule has 1 nitrogen and oxygen atoms in total. The van der Waals surface area contributed by atoms with Gasteiger partial charge in [0.15, 0.2) is 5.78 Å². The van der Waals surface area contributed by atoms with E-state index in [0.717, 1.165) is 15.6 Å². The van der Waals surface area contributed by atoms with E-state index in [-0.39, 0.29) is 10.6 Å². The maximum absolute atomic E-state index is 11.6. The van der Waals surface area contributed by atoms with Gasteiger partial charge in [0.25, 0.3) is 0 Å². The van der Waals surface area contributed by atoms with Crippen molar-refractivity contribution in [2.75, 3.05) is 0 Å². The lowest BCUT2D eigenvalue weighted by Crippen LogP contribution is -2.11. The van der Waals surface area contributed by atoms with Gasteiger partial charge in [-0.3, -0.25) is 4.79 Å². The molecular formula is C10H10Br2O. The highest BCUT2D eigenvalue weighted by Crippen LogP contribution is 2.19. The van der Waals surface area contributed by atoms with Crippen LogP contribution >= 0.6 is 31.9 Å². The Labute approximate surface area is 94.8 Å². The number of aryl methyl sites for hydroxylation is 1. The van der Waals surface area contributed by atoms with Gasteiger partial charge in [-0.1, -0.05) is 37.9 Å². The predicted molar refractivity (Wildman–Crippen MR) is 61.6 cm³/mol. The maximum atomic E-state index is 11.6. The van der Waals surface area contributed by atoms with Gasteiger partial charge in [-0.2, -0.15) is 0 Å². The Bertz CT molecular complexity index is 332. The average molecular weight is 306 g/mol. The molecule has 1 unspecified atom stereocenters. The lowest BCUT2D eigenvalue weighted by Gasteiger charge is -2.06. The molecule has 0 N–H and O–H groups in total. The Morgan fingerprint density at radius 1 is 1.46 bits per heavy atom. The van der Waals surface area contributed by atoms with Crippen LogP contribution in [0.25, 0.3) is 0 Å². The second kappa shape index (κ2) is 4.38. The van der Waals surface area contributed by atoms with E-state index in [1.807, 2.05) is 32.0 Å². The fourth-order valence-corrected chi connectivity index (χ4v) is 1.68. The zero-order valence-corrected chi connectivity index (χ0v) is 10.6. The van der Waals surface area contributed by atoms with Crippen molar-refractivity contribution in [3.8, 4) is 0 Å². The van der Waals surface area contributed by atoms with Gasteiger partial charge in [-0.15, -0.1) is 0 Å². The van der Waals surface area contributed by atoms with E-state index >= 15 is 0 Å². The number of carbonyl (C=O) groups is 1. The highest BCUT2D eigenvalue weighted by molar-refractivity contribution is 9.10. The molecule has 70 valence electrons. The lowest BCUT2D eigenvalue weighted by molar-refractivity contribution is 0.0995. The van der Waals surface area contributed by atoms with Crippen molar-refractivity contribution in [1.29, 1.82) is 0 Å². The monoisotopic (exact) mass is 304 g/mol. The number of alkyl halides is 1. The maximum Gasteiger partial charge on any atom is 0.176 e. The van der Waals surface area contributed by atoms with E-state index in [9.17, 15) is 4.79 Å². The van der Waals surface area contributed by atoms with E-state index in [0.29, 0.717) is 0 Å². The molecule has 0 heterocycles. The highest BCUT2D eigenvalue weighted by atomic mass is 79.9. The van der Waals surface area contributed by atoms with Crippen LogP contribution in [0.4, 0.5) is 0 Å². The van der Waals surface area contributed by atoms with E-state index < -0.39 is 0 Å². The molecule has 0 saturated heterocycles. The summed E-state index contributed by atoms with van der Waals surface area (Å²) in [6, 6.07) is 5.73. The van der Waals surface area contributed by atoms with Gasteiger partial charge >= 0.3 is 0 Å². The molecular weight excluding hydrogens is 296 g/mol. The summed E-state index contributed by atoms with van der Waals surface area (Å²) in [5.74, 6) is 0.124. The summed E-state index contributed by atoms with van der Waals surface area (Å²) in [5.41, 5.74) is 1.79. The van der Waals surface area contributed by atoms with Crippen molar-refractivity contribution in [3.05, 3.63) is 33.8 Å².